The molecule has 1 atom stereocenters. The van der Waals surface area contributed by atoms with Crippen molar-refractivity contribution in [2.75, 3.05) is 6.61 Å². The first-order valence-corrected chi connectivity index (χ1v) is 9.24. The van der Waals surface area contributed by atoms with Gasteiger partial charge in [0.25, 0.3) is 5.39 Å². The highest BCUT2D eigenvalue weighted by molar-refractivity contribution is 5.79. The number of hydrogen-bond donors (Lipinski definition) is 1. The molecule has 144 valence electrons. The number of carboxylic acids is 1. The number of diazo groups is 1. The van der Waals surface area contributed by atoms with Crippen molar-refractivity contribution in [1.82, 2.24) is 5.01 Å². The first-order valence-electron chi connectivity index (χ1n) is 9.24. The Bertz CT molecular complexity index is 876. The van der Waals surface area contributed by atoms with Crippen LogP contribution in [-0.4, -0.2) is 34.8 Å². The van der Waals surface area contributed by atoms with E-state index in [0.29, 0.717) is 12.8 Å². The van der Waals surface area contributed by atoms with Gasteiger partial charge in [0.2, 0.25) is 0 Å². The van der Waals surface area contributed by atoms with Crippen LogP contribution in [0.3, 0.4) is 0 Å². The van der Waals surface area contributed by atoms with Gasteiger partial charge in [0.1, 0.15) is 12.6 Å². The van der Waals surface area contributed by atoms with Gasteiger partial charge in [0, 0.05) is 12.3 Å². The molecule has 2 aromatic carbocycles. The van der Waals surface area contributed by atoms with Crippen molar-refractivity contribution in [2.24, 2.45) is 0 Å². The topological polar surface area (TPSA) is 95.0 Å². The molecule has 0 saturated heterocycles. The number of fused-ring (bicyclic) bond motifs is 3. The molecular formula is C21H22N3O4+. The van der Waals surface area contributed by atoms with E-state index in [4.69, 9.17) is 9.84 Å². The maximum absolute atomic E-state index is 12.4. The van der Waals surface area contributed by atoms with Gasteiger partial charge >= 0.3 is 17.1 Å². The standard InChI is InChI=1S/C21H21N3O4/c1-14(7-6-12-20(25)26)24(23-22)21(27)28-13-19-17-10-4-2-8-15(17)16-9-3-5-11-18(16)19/h2-5,8-11,14,19H,6-7,12-13H2,1H3/p+1. The molecule has 0 saturated carbocycles. The SMILES string of the molecule is CC(CCCC(=O)O)N([N+]#N)C(=O)OCC1c2ccccc2-c2ccccc21. The lowest BCUT2D eigenvalue weighted by atomic mass is 9.98. The lowest BCUT2D eigenvalue weighted by Crippen LogP contribution is -2.34. The van der Waals surface area contributed by atoms with Gasteiger partial charge in [-0.3, -0.25) is 4.79 Å². The maximum atomic E-state index is 12.4. The summed E-state index contributed by atoms with van der Waals surface area (Å²) in [6.45, 7) is 1.81. The second-order valence-corrected chi connectivity index (χ2v) is 6.87. The zero-order chi connectivity index (χ0) is 20.1. The van der Waals surface area contributed by atoms with Gasteiger partial charge in [-0.2, -0.15) is 0 Å². The van der Waals surface area contributed by atoms with Crippen molar-refractivity contribution < 1.29 is 19.4 Å². The van der Waals surface area contributed by atoms with Crippen molar-refractivity contribution in [3.8, 4) is 11.1 Å². The molecule has 0 fully saturated rings. The summed E-state index contributed by atoms with van der Waals surface area (Å²) in [7, 11) is 0. The molecule has 1 unspecified atom stereocenters. The number of rotatable bonds is 7. The van der Waals surface area contributed by atoms with E-state index in [-0.39, 0.29) is 18.9 Å². The number of aliphatic carboxylic acids is 1. The third kappa shape index (κ3) is 3.96. The molecule has 0 aromatic heterocycles. The summed E-state index contributed by atoms with van der Waals surface area (Å²) in [6, 6.07) is 15.6. The Labute approximate surface area is 163 Å². The normalized spacial score (nSPS) is 13.1. The van der Waals surface area contributed by atoms with Crippen molar-refractivity contribution in [1.29, 1.82) is 5.39 Å². The van der Waals surface area contributed by atoms with E-state index < -0.39 is 18.1 Å². The van der Waals surface area contributed by atoms with E-state index in [1.54, 1.807) is 6.92 Å². The molecular weight excluding hydrogens is 358 g/mol. The van der Waals surface area contributed by atoms with Gasteiger partial charge in [-0.25, -0.2) is 4.79 Å². The van der Waals surface area contributed by atoms with Crippen LogP contribution in [0.25, 0.3) is 16.2 Å². The van der Waals surface area contributed by atoms with Crippen LogP contribution in [0.4, 0.5) is 4.79 Å². The van der Waals surface area contributed by atoms with Crippen LogP contribution in [0.15, 0.2) is 48.5 Å². The van der Waals surface area contributed by atoms with Crippen LogP contribution in [-0.2, 0) is 9.53 Å². The number of ether oxygens (including phenoxy) is 1. The van der Waals surface area contributed by atoms with Crippen LogP contribution >= 0.6 is 0 Å². The fraction of sp³-hybridized carbons (Fsp3) is 0.333. The number of amides is 1. The van der Waals surface area contributed by atoms with Gasteiger partial charge in [-0.1, -0.05) is 48.5 Å². The van der Waals surface area contributed by atoms with E-state index in [0.717, 1.165) is 27.3 Å². The highest BCUT2D eigenvalue weighted by Crippen LogP contribution is 2.44. The molecule has 1 aliphatic rings. The van der Waals surface area contributed by atoms with E-state index in [9.17, 15) is 15.0 Å². The number of hydrogen-bond acceptors (Lipinski definition) is 4. The Kier molecular flexibility index (Phi) is 5.90. The molecule has 28 heavy (non-hydrogen) atoms. The van der Waals surface area contributed by atoms with Crippen LogP contribution in [0.1, 0.15) is 43.2 Å². The van der Waals surface area contributed by atoms with Crippen LogP contribution in [0.5, 0.6) is 0 Å². The fourth-order valence-electron chi connectivity index (χ4n) is 3.64. The van der Waals surface area contributed by atoms with Gasteiger partial charge in [0.15, 0.2) is 0 Å². The molecule has 1 aliphatic carbocycles. The molecule has 0 heterocycles. The second kappa shape index (κ2) is 8.53. The summed E-state index contributed by atoms with van der Waals surface area (Å²) in [5.41, 5.74) is 4.45. The van der Waals surface area contributed by atoms with Crippen LogP contribution < -0.4 is 0 Å². The van der Waals surface area contributed by atoms with E-state index in [1.165, 1.54) is 0 Å². The molecule has 2 aromatic rings. The Balaban J connectivity index is 1.67. The third-order valence-corrected chi connectivity index (χ3v) is 5.05. The summed E-state index contributed by atoms with van der Waals surface area (Å²) in [5, 5.41) is 21.8. The quantitative estimate of drug-likeness (QED) is 0.557. The lowest BCUT2D eigenvalue weighted by Gasteiger charge is -2.15. The van der Waals surface area contributed by atoms with E-state index in [1.807, 2.05) is 36.4 Å². The number of nitrogens with zero attached hydrogens (tertiary/aromatic N) is 3. The maximum Gasteiger partial charge on any atom is 0.481 e. The van der Waals surface area contributed by atoms with Gasteiger partial charge in [-0.05, 0) is 42.0 Å². The molecule has 0 radical (unpaired) electrons. The van der Waals surface area contributed by atoms with Crippen molar-refractivity contribution in [3.63, 3.8) is 0 Å². The molecule has 0 bridgehead atoms. The fourth-order valence-corrected chi connectivity index (χ4v) is 3.64. The predicted molar refractivity (Wildman–Crippen MR) is 103 cm³/mol. The van der Waals surface area contributed by atoms with Gasteiger partial charge in [-0.15, -0.1) is 0 Å². The largest absolute Gasteiger partial charge is 0.481 e. The lowest BCUT2D eigenvalue weighted by molar-refractivity contribution is -0.137. The van der Waals surface area contributed by atoms with Gasteiger partial charge < -0.3 is 9.84 Å². The average molecular weight is 380 g/mol. The molecule has 7 heteroatoms. The predicted octanol–water partition coefficient (Wildman–Crippen LogP) is 4.65. The summed E-state index contributed by atoms with van der Waals surface area (Å²) in [4.78, 5) is 23.1. The molecule has 1 amide bonds. The molecule has 0 aliphatic heterocycles. The van der Waals surface area contributed by atoms with E-state index >= 15 is 0 Å². The molecule has 1 N–H and O–H groups in total. The molecule has 3 rings (SSSR count). The number of carbonyl (C=O) groups excluding carboxylic acids is 1. The zero-order valence-electron chi connectivity index (χ0n) is 15.6. The Morgan fingerprint density at radius 3 is 2.25 bits per heavy atom. The highest BCUT2D eigenvalue weighted by Gasteiger charge is 2.35. The van der Waals surface area contributed by atoms with Crippen molar-refractivity contribution in [3.05, 3.63) is 64.7 Å². The first kappa shape index (κ1) is 19.4. The van der Waals surface area contributed by atoms with Crippen LogP contribution in [0.2, 0.25) is 0 Å². The third-order valence-electron chi connectivity index (χ3n) is 5.05. The summed E-state index contributed by atoms with van der Waals surface area (Å²) in [5.74, 6) is -0.986. The number of carboxylic acid groups (broad SMARTS) is 1. The van der Waals surface area contributed by atoms with E-state index in [2.05, 4.69) is 17.2 Å². The minimum atomic E-state index is -0.902. The zero-order valence-corrected chi connectivity index (χ0v) is 15.6. The molecule has 0 spiro atoms. The average Bonchev–Trinajstić information content (AvgIpc) is 3.00. The summed E-state index contributed by atoms with van der Waals surface area (Å²) in [6.07, 6.45) is 0.000732. The highest BCUT2D eigenvalue weighted by atomic mass is 16.6. The Morgan fingerprint density at radius 2 is 1.71 bits per heavy atom. The minimum Gasteiger partial charge on any atom is -0.481 e. The number of carbonyl (C=O) groups is 2. The summed E-state index contributed by atoms with van der Waals surface area (Å²) < 4.78 is 5.46. The second-order valence-electron chi connectivity index (χ2n) is 6.87. The van der Waals surface area contributed by atoms with Gasteiger partial charge in [0.05, 0.1) is 5.01 Å². The Morgan fingerprint density at radius 1 is 1.14 bits per heavy atom. The smallest absolute Gasteiger partial charge is 0.481 e. The van der Waals surface area contributed by atoms with Crippen LogP contribution in [0, 0.1) is 5.39 Å². The number of benzene rings is 2. The first-order chi connectivity index (χ1) is 13.5. The summed E-state index contributed by atoms with van der Waals surface area (Å²) >= 11 is 0. The van der Waals surface area contributed by atoms with Crippen molar-refractivity contribution >= 4 is 12.1 Å². The van der Waals surface area contributed by atoms with Crippen molar-refractivity contribution in [2.45, 2.75) is 38.1 Å². The Hall–Kier alpha value is -3.40. The minimum absolute atomic E-state index is 0.00566. The molecule has 7 nitrogen and oxygen atoms in total. The monoisotopic (exact) mass is 380 g/mol.